The van der Waals surface area contributed by atoms with Gasteiger partial charge in [0.15, 0.2) is 0 Å². The first-order valence-corrected chi connectivity index (χ1v) is 6.79. The Hall–Kier alpha value is -1.29. The molecule has 4 heteroatoms. The summed E-state index contributed by atoms with van der Waals surface area (Å²) in [6.45, 7) is 6.37. The quantitative estimate of drug-likeness (QED) is 0.924. The van der Waals surface area contributed by atoms with Crippen LogP contribution in [0.4, 0.5) is 5.88 Å². The molecule has 0 radical (unpaired) electrons. The largest absolute Gasteiger partial charge is 0.367 e. The maximum atomic E-state index is 5.87. The molecule has 0 aliphatic rings. The highest BCUT2D eigenvalue weighted by Gasteiger charge is 2.17. The van der Waals surface area contributed by atoms with E-state index in [1.54, 1.807) is 0 Å². The van der Waals surface area contributed by atoms with Crippen LogP contribution in [0.25, 0.3) is 11.3 Å². The molecule has 0 amide bonds. The van der Waals surface area contributed by atoms with E-state index in [1.165, 1.54) is 0 Å². The van der Waals surface area contributed by atoms with Gasteiger partial charge < -0.3 is 10.3 Å². The molecule has 0 unspecified atom stereocenters. The number of halogens is 1. The van der Waals surface area contributed by atoms with Gasteiger partial charge in [-0.2, -0.15) is 0 Å². The average molecular weight is 309 g/mol. The molecule has 0 aliphatic heterocycles. The van der Waals surface area contributed by atoms with Crippen LogP contribution in [0.15, 0.2) is 27.2 Å². The van der Waals surface area contributed by atoms with Crippen LogP contribution in [0.1, 0.15) is 25.0 Å². The van der Waals surface area contributed by atoms with E-state index < -0.39 is 0 Å². The number of rotatable bonds is 3. The SMILES string of the molecule is Cc1cc(Br)ccc1-c1noc(N)c1CC(C)C. The van der Waals surface area contributed by atoms with Crippen LogP contribution in [-0.2, 0) is 6.42 Å². The normalized spacial score (nSPS) is 11.2. The van der Waals surface area contributed by atoms with Gasteiger partial charge in [-0.3, -0.25) is 0 Å². The lowest BCUT2D eigenvalue weighted by Gasteiger charge is -2.07. The smallest absolute Gasteiger partial charge is 0.225 e. The van der Waals surface area contributed by atoms with Crippen molar-refractivity contribution in [1.82, 2.24) is 5.16 Å². The van der Waals surface area contributed by atoms with Gasteiger partial charge in [-0.1, -0.05) is 41.0 Å². The molecule has 2 N–H and O–H groups in total. The Balaban J connectivity index is 2.50. The van der Waals surface area contributed by atoms with Gasteiger partial charge in [-0.25, -0.2) is 0 Å². The second-order valence-electron chi connectivity index (χ2n) is 4.93. The number of nitrogens with zero attached hydrogens (tertiary/aromatic N) is 1. The van der Waals surface area contributed by atoms with Crippen molar-refractivity contribution in [3.63, 3.8) is 0 Å². The summed E-state index contributed by atoms with van der Waals surface area (Å²) in [6, 6.07) is 6.12. The number of aryl methyl sites for hydroxylation is 1. The number of anilines is 1. The summed E-state index contributed by atoms with van der Waals surface area (Å²) in [5.41, 5.74) is 9.98. The van der Waals surface area contributed by atoms with E-state index in [0.29, 0.717) is 11.8 Å². The van der Waals surface area contributed by atoms with Crippen LogP contribution >= 0.6 is 15.9 Å². The van der Waals surface area contributed by atoms with Crippen molar-refractivity contribution in [2.75, 3.05) is 5.73 Å². The van der Waals surface area contributed by atoms with Crippen LogP contribution < -0.4 is 5.73 Å². The minimum absolute atomic E-state index is 0.431. The van der Waals surface area contributed by atoms with Crippen molar-refractivity contribution in [1.29, 1.82) is 0 Å². The summed E-state index contributed by atoms with van der Waals surface area (Å²) in [4.78, 5) is 0. The summed E-state index contributed by atoms with van der Waals surface area (Å²) < 4.78 is 6.21. The zero-order chi connectivity index (χ0) is 13.3. The maximum Gasteiger partial charge on any atom is 0.225 e. The van der Waals surface area contributed by atoms with Crippen LogP contribution in [0, 0.1) is 12.8 Å². The van der Waals surface area contributed by atoms with E-state index in [2.05, 4.69) is 47.9 Å². The predicted octanol–water partition coefficient (Wildman–Crippen LogP) is 4.19. The van der Waals surface area contributed by atoms with Crippen molar-refractivity contribution in [2.24, 2.45) is 5.92 Å². The minimum atomic E-state index is 0.431. The second kappa shape index (κ2) is 5.14. The lowest BCUT2D eigenvalue weighted by Crippen LogP contribution is -1.99. The number of aromatic nitrogens is 1. The van der Waals surface area contributed by atoms with Gasteiger partial charge in [-0.15, -0.1) is 0 Å². The molecular weight excluding hydrogens is 292 g/mol. The summed E-state index contributed by atoms with van der Waals surface area (Å²) in [6.07, 6.45) is 0.875. The molecule has 2 aromatic rings. The first-order chi connectivity index (χ1) is 8.49. The van der Waals surface area contributed by atoms with Gasteiger partial charge >= 0.3 is 0 Å². The Bertz CT molecular complexity index is 561. The zero-order valence-corrected chi connectivity index (χ0v) is 12.4. The third-order valence-electron chi connectivity index (χ3n) is 2.87. The highest BCUT2D eigenvalue weighted by atomic mass is 79.9. The van der Waals surface area contributed by atoms with Gasteiger partial charge in [0.1, 0.15) is 5.69 Å². The maximum absolute atomic E-state index is 5.87. The summed E-state index contributed by atoms with van der Waals surface area (Å²) in [5, 5.41) is 4.11. The molecule has 3 nitrogen and oxygen atoms in total. The van der Waals surface area contributed by atoms with Gasteiger partial charge in [0.05, 0.1) is 0 Å². The first kappa shape index (κ1) is 13.1. The number of hydrogen-bond acceptors (Lipinski definition) is 3. The molecule has 0 saturated heterocycles. The van der Waals surface area contributed by atoms with E-state index >= 15 is 0 Å². The topological polar surface area (TPSA) is 52.0 Å². The summed E-state index contributed by atoms with van der Waals surface area (Å²) >= 11 is 3.46. The number of nitrogen functional groups attached to an aromatic ring is 1. The Labute approximate surface area is 115 Å². The van der Waals surface area contributed by atoms with E-state index in [1.807, 2.05) is 12.1 Å². The highest BCUT2D eigenvalue weighted by Crippen LogP contribution is 2.32. The number of hydrogen-bond donors (Lipinski definition) is 1. The lowest BCUT2D eigenvalue weighted by molar-refractivity contribution is 0.438. The summed E-state index contributed by atoms with van der Waals surface area (Å²) in [5.74, 6) is 0.947. The monoisotopic (exact) mass is 308 g/mol. The van der Waals surface area contributed by atoms with Crippen molar-refractivity contribution in [3.05, 3.63) is 33.8 Å². The molecule has 0 saturated carbocycles. The molecular formula is C14H17BrN2O. The Morgan fingerprint density at radius 3 is 2.72 bits per heavy atom. The zero-order valence-electron chi connectivity index (χ0n) is 10.8. The van der Waals surface area contributed by atoms with Crippen molar-refractivity contribution < 1.29 is 4.52 Å². The van der Waals surface area contributed by atoms with Gasteiger partial charge in [0, 0.05) is 15.6 Å². The molecule has 0 aliphatic carbocycles. The van der Waals surface area contributed by atoms with Crippen LogP contribution in [0.5, 0.6) is 0 Å². The van der Waals surface area contributed by atoms with E-state index in [0.717, 1.165) is 33.3 Å². The van der Waals surface area contributed by atoms with Gasteiger partial charge in [0.25, 0.3) is 0 Å². The summed E-state index contributed by atoms with van der Waals surface area (Å²) in [7, 11) is 0. The molecule has 1 aromatic carbocycles. The van der Waals surface area contributed by atoms with Crippen molar-refractivity contribution >= 4 is 21.8 Å². The number of nitrogens with two attached hydrogens (primary N) is 1. The fourth-order valence-corrected chi connectivity index (χ4v) is 2.51. The number of benzene rings is 1. The molecule has 0 atom stereocenters. The fourth-order valence-electron chi connectivity index (χ4n) is 2.03. The second-order valence-corrected chi connectivity index (χ2v) is 5.85. The molecule has 0 bridgehead atoms. The molecule has 1 aromatic heterocycles. The standard InChI is InChI=1S/C14H17BrN2O/c1-8(2)6-12-13(17-18-14(12)16)11-5-4-10(15)7-9(11)3/h4-5,7-8H,6,16H2,1-3H3. The van der Waals surface area contributed by atoms with Crippen LogP contribution in [0.3, 0.4) is 0 Å². The molecule has 0 fully saturated rings. The van der Waals surface area contributed by atoms with E-state index in [4.69, 9.17) is 10.3 Å². The molecule has 0 spiro atoms. The van der Waals surface area contributed by atoms with Crippen molar-refractivity contribution in [3.8, 4) is 11.3 Å². The fraction of sp³-hybridized carbons (Fsp3) is 0.357. The predicted molar refractivity (Wildman–Crippen MR) is 77.3 cm³/mol. The van der Waals surface area contributed by atoms with Gasteiger partial charge in [0.2, 0.25) is 5.88 Å². The Morgan fingerprint density at radius 1 is 1.39 bits per heavy atom. The Kier molecular flexibility index (Phi) is 3.76. The molecule has 96 valence electrons. The minimum Gasteiger partial charge on any atom is -0.367 e. The molecule has 18 heavy (non-hydrogen) atoms. The van der Waals surface area contributed by atoms with Gasteiger partial charge in [-0.05, 0) is 37.0 Å². The van der Waals surface area contributed by atoms with Crippen LogP contribution in [0.2, 0.25) is 0 Å². The Morgan fingerprint density at radius 2 is 2.11 bits per heavy atom. The lowest BCUT2D eigenvalue weighted by atomic mass is 9.97. The van der Waals surface area contributed by atoms with Crippen LogP contribution in [-0.4, -0.2) is 5.16 Å². The molecule has 2 rings (SSSR count). The average Bonchev–Trinajstić information content (AvgIpc) is 2.60. The van der Waals surface area contributed by atoms with Crippen molar-refractivity contribution in [2.45, 2.75) is 27.2 Å². The molecule has 1 heterocycles. The highest BCUT2D eigenvalue weighted by molar-refractivity contribution is 9.10. The third-order valence-corrected chi connectivity index (χ3v) is 3.37. The third kappa shape index (κ3) is 2.58. The van der Waals surface area contributed by atoms with E-state index in [-0.39, 0.29) is 0 Å². The van der Waals surface area contributed by atoms with E-state index in [9.17, 15) is 0 Å². The first-order valence-electron chi connectivity index (χ1n) is 5.99.